The molecule has 0 radical (unpaired) electrons. The van der Waals surface area contributed by atoms with Crippen molar-refractivity contribution in [1.82, 2.24) is 4.98 Å². The Hall–Kier alpha value is -2.29. The normalized spacial score (nSPS) is 9.83. The molecular formula is C15H15NO2. The number of hydrogen-bond acceptors (Lipinski definition) is 3. The van der Waals surface area contributed by atoms with Gasteiger partial charge < -0.3 is 9.47 Å². The molecular weight excluding hydrogens is 226 g/mol. The maximum absolute atomic E-state index is 5.41. The lowest BCUT2D eigenvalue weighted by atomic mass is 10.1. The van der Waals surface area contributed by atoms with Crippen LogP contribution >= 0.6 is 0 Å². The predicted octanol–water partition coefficient (Wildman–Crippen LogP) is 3.32. The van der Waals surface area contributed by atoms with Gasteiger partial charge in [0.1, 0.15) is 12.4 Å². The van der Waals surface area contributed by atoms with E-state index in [1.807, 2.05) is 42.5 Å². The Labute approximate surface area is 107 Å². The number of rotatable bonds is 5. The van der Waals surface area contributed by atoms with Gasteiger partial charge >= 0.3 is 0 Å². The number of benzene rings is 1. The van der Waals surface area contributed by atoms with E-state index in [1.54, 1.807) is 13.2 Å². The number of pyridine rings is 1. The van der Waals surface area contributed by atoms with Crippen LogP contribution in [0.25, 0.3) is 11.3 Å². The third kappa shape index (κ3) is 2.88. The van der Waals surface area contributed by atoms with Crippen LogP contribution < -0.4 is 9.47 Å². The third-order valence-corrected chi connectivity index (χ3v) is 2.46. The van der Waals surface area contributed by atoms with Crippen molar-refractivity contribution in [2.45, 2.75) is 0 Å². The first-order chi connectivity index (χ1) is 8.83. The number of aromatic nitrogens is 1. The second kappa shape index (κ2) is 5.87. The maximum Gasteiger partial charge on any atom is 0.214 e. The Morgan fingerprint density at radius 2 is 1.94 bits per heavy atom. The first-order valence-electron chi connectivity index (χ1n) is 5.68. The van der Waals surface area contributed by atoms with E-state index >= 15 is 0 Å². The molecule has 1 aromatic heterocycles. The third-order valence-electron chi connectivity index (χ3n) is 2.46. The molecule has 3 heteroatoms. The summed E-state index contributed by atoms with van der Waals surface area (Å²) in [6.07, 6.45) is 1.70. The van der Waals surface area contributed by atoms with Crippen molar-refractivity contribution >= 4 is 0 Å². The van der Waals surface area contributed by atoms with Crippen molar-refractivity contribution < 1.29 is 9.47 Å². The summed E-state index contributed by atoms with van der Waals surface area (Å²) in [7, 11) is 1.65. The molecule has 0 fully saturated rings. The molecule has 0 atom stereocenters. The molecule has 3 nitrogen and oxygen atoms in total. The molecule has 92 valence electrons. The van der Waals surface area contributed by atoms with Crippen molar-refractivity contribution in [2.24, 2.45) is 0 Å². The molecule has 1 heterocycles. The van der Waals surface area contributed by atoms with E-state index in [0.717, 1.165) is 17.0 Å². The molecule has 2 rings (SSSR count). The molecule has 0 unspecified atom stereocenters. The summed E-state index contributed by atoms with van der Waals surface area (Å²) in [6, 6.07) is 13.5. The van der Waals surface area contributed by atoms with E-state index in [4.69, 9.17) is 9.47 Å². The summed E-state index contributed by atoms with van der Waals surface area (Å²) in [5.41, 5.74) is 1.90. The van der Waals surface area contributed by atoms with Crippen molar-refractivity contribution in [3.8, 4) is 22.9 Å². The molecule has 0 bridgehead atoms. The van der Waals surface area contributed by atoms with Crippen LogP contribution in [0.3, 0.4) is 0 Å². The molecule has 1 aromatic carbocycles. The summed E-state index contributed by atoms with van der Waals surface area (Å²) in [5.74, 6) is 1.43. The summed E-state index contributed by atoms with van der Waals surface area (Å²) in [6.45, 7) is 4.07. The fraction of sp³-hybridized carbons (Fsp3) is 0.133. The number of hydrogen-bond donors (Lipinski definition) is 0. The van der Waals surface area contributed by atoms with Crippen molar-refractivity contribution in [1.29, 1.82) is 0 Å². The Bertz CT molecular complexity index is 520. The Kier molecular flexibility index (Phi) is 3.97. The maximum atomic E-state index is 5.41. The van der Waals surface area contributed by atoms with Crippen LogP contribution in [0.5, 0.6) is 11.6 Å². The molecule has 18 heavy (non-hydrogen) atoms. The van der Waals surface area contributed by atoms with Gasteiger partial charge in [0.05, 0.1) is 12.8 Å². The van der Waals surface area contributed by atoms with Gasteiger partial charge in [-0.2, -0.15) is 0 Å². The van der Waals surface area contributed by atoms with Crippen molar-refractivity contribution in [2.75, 3.05) is 13.7 Å². The minimum absolute atomic E-state index is 0.457. The monoisotopic (exact) mass is 241 g/mol. The largest absolute Gasteiger partial charge is 0.497 e. The second-order valence-electron chi connectivity index (χ2n) is 3.69. The van der Waals surface area contributed by atoms with E-state index in [1.165, 1.54) is 0 Å². The predicted molar refractivity (Wildman–Crippen MR) is 71.9 cm³/mol. The molecule has 0 N–H and O–H groups in total. The Balaban J connectivity index is 2.23. The summed E-state index contributed by atoms with van der Waals surface area (Å²) in [5, 5.41) is 0. The van der Waals surface area contributed by atoms with Gasteiger partial charge in [0.25, 0.3) is 0 Å². The summed E-state index contributed by atoms with van der Waals surface area (Å²) >= 11 is 0. The van der Waals surface area contributed by atoms with Crippen LogP contribution in [-0.2, 0) is 0 Å². The molecule has 0 aliphatic heterocycles. The highest BCUT2D eigenvalue weighted by atomic mass is 16.5. The van der Waals surface area contributed by atoms with Gasteiger partial charge in [0, 0.05) is 11.6 Å². The van der Waals surface area contributed by atoms with Crippen LogP contribution in [0.1, 0.15) is 0 Å². The highest BCUT2D eigenvalue weighted by Crippen LogP contribution is 2.22. The first-order valence-corrected chi connectivity index (χ1v) is 5.68. The smallest absolute Gasteiger partial charge is 0.214 e. The van der Waals surface area contributed by atoms with Crippen molar-refractivity contribution in [3.63, 3.8) is 0 Å². The summed E-state index contributed by atoms with van der Waals surface area (Å²) in [4.78, 5) is 4.43. The van der Waals surface area contributed by atoms with E-state index in [0.29, 0.717) is 12.5 Å². The number of nitrogens with zero attached hydrogens (tertiary/aromatic N) is 1. The van der Waals surface area contributed by atoms with Gasteiger partial charge in [-0.05, 0) is 30.3 Å². The zero-order valence-corrected chi connectivity index (χ0v) is 10.3. The highest BCUT2D eigenvalue weighted by molar-refractivity contribution is 5.60. The topological polar surface area (TPSA) is 31.4 Å². The fourth-order valence-electron chi connectivity index (χ4n) is 1.56. The van der Waals surface area contributed by atoms with E-state index in [9.17, 15) is 0 Å². The zero-order valence-electron chi connectivity index (χ0n) is 10.3. The van der Waals surface area contributed by atoms with Crippen LogP contribution in [0.2, 0.25) is 0 Å². The highest BCUT2D eigenvalue weighted by Gasteiger charge is 2.01. The summed E-state index contributed by atoms with van der Waals surface area (Å²) < 4.78 is 10.5. The molecule has 0 aliphatic carbocycles. The minimum atomic E-state index is 0.457. The van der Waals surface area contributed by atoms with Crippen LogP contribution in [-0.4, -0.2) is 18.7 Å². The van der Waals surface area contributed by atoms with Crippen LogP contribution in [0.4, 0.5) is 0 Å². The SMILES string of the molecule is C=CCOc1cccc(-c2ccc(OC)cc2)n1. The molecule has 0 saturated heterocycles. The lowest BCUT2D eigenvalue weighted by Gasteiger charge is -2.06. The van der Waals surface area contributed by atoms with E-state index in [-0.39, 0.29) is 0 Å². The average Bonchev–Trinajstić information content (AvgIpc) is 2.45. The molecule has 2 aromatic rings. The minimum Gasteiger partial charge on any atom is -0.497 e. The van der Waals surface area contributed by atoms with E-state index < -0.39 is 0 Å². The molecule has 0 aliphatic rings. The van der Waals surface area contributed by atoms with E-state index in [2.05, 4.69) is 11.6 Å². The van der Waals surface area contributed by atoms with Gasteiger partial charge in [-0.15, -0.1) is 0 Å². The average molecular weight is 241 g/mol. The number of ether oxygens (including phenoxy) is 2. The van der Waals surface area contributed by atoms with Crippen LogP contribution in [0, 0.1) is 0 Å². The zero-order chi connectivity index (χ0) is 12.8. The van der Waals surface area contributed by atoms with Gasteiger partial charge in [0.2, 0.25) is 5.88 Å². The molecule has 0 amide bonds. The lowest BCUT2D eigenvalue weighted by molar-refractivity contribution is 0.349. The molecule has 0 spiro atoms. The fourth-order valence-corrected chi connectivity index (χ4v) is 1.56. The van der Waals surface area contributed by atoms with Gasteiger partial charge in [-0.25, -0.2) is 4.98 Å². The quantitative estimate of drug-likeness (QED) is 0.752. The lowest BCUT2D eigenvalue weighted by Crippen LogP contribution is -1.96. The number of methoxy groups -OCH3 is 1. The standard InChI is InChI=1S/C15H15NO2/c1-3-11-18-15-6-4-5-14(16-15)12-7-9-13(17-2)10-8-12/h3-10H,1,11H2,2H3. The van der Waals surface area contributed by atoms with Gasteiger partial charge in [-0.1, -0.05) is 18.7 Å². The second-order valence-corrected chi connectivity index (χ2v) is 3.69. The Morgan fingerprint density at radius 3 is 2.61 bits per heavy atom. The van der Waals surface area contributed by atoms with Crippen LogP contribution in [0.15, 0.2) is 55.1 Å². The first kappa shape index (κ1) is 12.2. The van der Waals surface area contributed by atoms with Gasteiger partial charge in [0.15, 0.2) is 0 Å². The van der Waals surface area contributed by atoms with Gasteiger partial charge in [-0.3, -0.25) is 0 Å². The molecule has 0 saturated carbocycles. The Morgan fingerprint density at radius 1 is 1.17 bits per heavy atom. The van der Waals surface area contributed by atoms with Crippen molar-refractivity contribution in [3.05, 3.63) is 55.1 Å².